The first-order valence-electron chi connectivity index (χ1n) is 4.99. The van der Waals surface area contributed by atoms with Crippen LogP contribution in [0.5, 0.6) is 0 Å². The summed E-state index contributed by atoms with van der Waals surface area (Å²) in [6.07, 6.45) is 0.979. The summed E-state index contributed by atoms with van der Waals surface area (Å²) in [5.41, 5.74) is 1.51. The number of hydrogen-bond acceptors (Lipinski definition) is 3. The van der Waals surface area contributed by atoms with Crippen molar-refractivity contribution in [2.24, 2.45) is 0 Å². The highest BCUT2D eigenvalue weighted by Crippen LogP contribution is 2.13. The molecule has 1 aromatic rings. The monoisotopic (exact) mass is 208 g/mol. The molecule has 3 nitrogen and oxygen atoms in total. The zero-order valence-electron chi connectivity index (χ0n) is 9.06. The van der Waals surface area contributed by atoms with E-state index in [2.05, 4.69) is 4.74 Å². The molecule has 0 spiro atoms. The molecule has 0 amide bonds. The number of rotatable bonds is 4. The van der Waals surface area contributed by atoms with Crippen LogP contribution in [0.1, 0.15) is 29.3 Å². The van der Waals surface area contributed by atoms with Crippen LogP contribution in [0.3, 0.4) is 0 Å². The molecule has 15 heavy (non-hydrogen) atoms. The van der Waals surface area contributed by atoms with Crippen molar-refractivity contribution in [1.82, 2.24) is 0 Å². The molecule has 1 rings (SSSR count). The van der Waals surface area contributed by atoms with Gasteiger partial charge in [0.15, 0.2) is 0 Å². The minimum atomic E-state index is -0.351. The summed E-state index contributed by atoms with van der Waals surface area (Å²) >= 11 is 0. The molecular formula is C12H16O3. The van der Waals surface area contributed by atoms with Gasteiger partial charge in [-0.25, -0.2) is 4.79 Å². The number of aryl methyl sites for hydroxylation is 1. The first-order valence-corrected chi connectivity index (χ1v) is 4.99. The van der Waals surface area contributed by atoms with Gasteiger partial charge in [0.2, 0.25) is 0 Å². The standard InChI is InChI=1S/C12H16O3/c1-9(13)7-8-10-5-3-4-6-11(10)12(14)15-2/h3-6,9,13H,7-8H2,1-2H3. The van der Waals surface area contributed by atoms with E-state index in [1.165, 1.54) is 7.11 Å². The van der Waals surface area contributed by atoms with E-state index < -0.39 is 0 Å². The third-order valence-electron chi connectivity index (χ3n) is 2.25. The number of benzene rings is 1. The molecule has 0 bridgehead atoms. The number of carbonyl (C=O) groups is 1. The SMILES string of the molecule is COC(=O)c1ccccc1CCC(C)O. The Morgan fingerprint density at radius 3 is 2.73 bits per heavy atom. The van der Waals surface area contributed by atoms with Gasteiger partial charge in [-0.3, -0.25) is 0 Å². The molecule has 0 saturated carbocycles. The van der Waals surface area contributed by atoms with Crippen molar-refractivity contribution in [3.05, 3.63) is 35.4 Å². The van der Waals surface area contributed by atoms with Crippen LogP contribution in [0.4, 0.5) is 0 Å². The Morgan fingerprint density at radius 1 is 1.47 bits per heavy atom. The van der Waals surface area contributed by atoms with Crippen LogP contribution in [0, 0.1) is 0 Å². The van der Waals surface area contributed by atoms with E-state index in [9.17, 15) is 9.90 Å². The average molecular weight is 208 g/mol. The molecule has 1 N–H and O–H groups in total. The fourth-order valence-electron chi connectivity index (χ4n) is 1.41. The first kappa shape index (κ1) is 11.7. The molecule has 0 fully saturated rings. The van der Waals surface area contributed by atoms with E-state index in [-0.39, 0.29) is 12.1 Å². The van der Waals surface area contributed by atoms with Gasteiger partial charge in [-0.2, -0.15) is 0 Å². The predicted molar refractivity (Wildman–Crippen MR) is 57.8 cm³/mol. The molecule has 1 aromatic carbocycles. The van der Waals surface area contributed by atoms with Crippen molar-refractivity contribution >= 4 is 5.97 Å². The summed E-state index contributed by atoms with van der Waals surface area (Å²) in [5.74, 6) is -0.323. The third-order valence-corrected chi connectivity index (χ3v) is 2.25. The van der Waals surface area contributed by atoms with E-state index >= 15 is 0 Å². The van der Waals surface area contributed by atoms with Crippen molar-refractivity contribution in [2.75, 3.05) is 7.11 Å². The van der Waals surface area contributed by atoms with Gasteiger partial charge in [-0.15, -0.1) is 0 Å². The fourth-order valence-corrected chi connectivity index (χ4v) is 1.41. The zero-order chi connectivity index (χ0) is 11.3. The second-order valence-corrected chi connectivity index (χ2v) is 3.54. The Balaban J connectivity index is 2.81. The molecule has 0 saturated heterocycles. The lowest BCUT2D eigenvalue weighted by atomic mass is 10.0. The Morgan fingerprint density at radius 2 is 2.13 bits per heavy atom. The van der Waals surface area contributed by atoms with Crippen LogP contribution in [0.25, 0.3) is 0 Å². The summed E-state index contributed by atoms with van der Waals surface area (Å²) in [6.45, 7) is 1.74. The van der Waals surface area contributed by atoms with E-state index in [0.717, 1.165) is 5.56 Å². The van der Waals surface area contributed by atoms with Gasteiger partial charge >= 0.3 is 5.97 Å². The molecular weight excluding hydrogens is 192 g/mol. The van der Waals surface area contributed by atoms with Crippen molar-refractivity contribution in [1.29, 1.82) is 0 Å². The number of methoxy groups -OCH3 is 1. The van der Waals surface area contributed by atoms with E-state index in [4.69, 9.17) is 0 Å². The van der Waals surface area contributed by atoms with Gasteiger partial charge in [0, 0.05) is 0 Å². The quantitative estimate of drug-likeness (QED) is 0.767. The second-order valence-electron chi connectivity index (χ2n) is 3.54. The maximum Gasteiger partial charge on any atom is 0.338 e. The summed E-state index contributed by atoms with van der Waals surface area (Å²) in [6, 6.07) is 7.31. The predicted octanol–water partition coefficient (Wildman–Crippen LogP) is 1.79. The van der Waals surface area contributed by atoms with Gasteiger partial charge in [0.25, 0.3) is 0 Å². The average Bonchev–Trinajstić information content (AvgIpc) is 2.25. The number of carbonyl (C=O) groups excluding carboxylic acids is 1. The van der Waals surface area contributed by atoms with Gasteiger partial charge < -0.3 is 9.84 Å². The number of aliphatic hydroxyl groups excluding tert-OH is 1. The molecule has 0 aliphatic rings. The van der Waals surface area contributed by atoms with Crippen LogP contribution in [0.15, 0.2) is 24.3 Å². The fraction of sp³-hybridized carbons (Fsp3) is 0.417. The molecule has 82 valence electrons. The Bertz CT molecular complexity index is 331. The van der Waals surface area contributed by atoms with Crippen molar-refractivity contribution in [3.63, 3.8) is 0 Å². The van der Waals surface area contributed by atoms with Crippen LogP contribution in [-0.4, -0.2) is 24.3 Å². The Labute approximate surface area is 89.7 Å². The molecule has 0 aliphatic heterocycles. The first-order chi connectivity index (χ1) is 7.15. The highest BCUT2D eigenvalue weighted by Gasteiger charge is 2.10. The summed E-state index contributed by atoms with van der Waals surface area (Å²) in [7, 11) is 1.37. The van der Waals surface area contributed by atoms with E-state index in [0.29, 0.717) is 18.4 Å². The van der Waals surface area contributed by atoms with Crippen LogP contribution in [-0.2, 0) is 11.2 Å². The largest absolute Gasteiger partial charge is 0.465 e. The molecule has 0 radical (unpaired) electrons. The maximum absolute atomic E-state index is 11.4. The van der Waals surface area contributed by atoms with Crippen molar-refractivity contribution in [2.45, 2.75) is 25.9 Å². The van der Waals surface area contributed by atoms with E-state index in [1.54, 1.807) is 19.1 Å². The molecule has 0 aliphatic carbocycles. The van der Waals surface area contributed by atoms with Gasteiger partial charge in [-0.1, -0.05) is 18.2 Å². The van der Waals surface area contributed by atoms with Crippen molar-refractivity contribution < 1.29 is 14.6 Å². The van der Waals surface area contributed by atoms with Gasteiger partial charge in [0.05, 0.1) is 18.8 Å². The molecule has 0 heterocycles. The Hall–Kier alpha value is -1.35. The minimum Gasteiger partial charge on any atom is -0.465 e. The number of ether oxygens (including phenoxy) is 1. The highest BCUT2D eigenvalue weighted by molar-refractivity contribution is 5.90. The summed E-state index contributed by atoms with van der Waals surface area (Å²) in [4.78, 5) is 11.4. The summed E-state index contributed by atoms with van der Waals surface area (Å²) in [5, 5.41) is 9.18. The second kappa shape index (κ2) is 5.51. The minimum absolute atomic E-state index is 0.323. The number of aliphatic hydroxyl groups is 1. The maximum atomic E-state index is 11.4. The third kappa shape index (κ3) is 3.36. The molecule has 1 atom stereocenters. The smallest absolute Gasteiger partial charge is 0.338 e. The van der Waals surface area contributed by atoms with Gasteiger partial charge in [-0.05, 0) is 31.4 Å². The molecule has 0 aromatic heterocycles. The van der Waals surface area contributed by atoms with Crippen LogP contribution in [0.2, 0.25) is 0 Å². The zero-order valence-corrected chi connectivity index (χ0v) is 9.06. The van der Waals surface area contributed by atoms with Gasteiger partial charge in [0.1, 0.15) is 0 Å². The van der Waals surface area contributed by atoms with Crippen molar-refractivity contribution in [3.8, 4) is 0 Å². The topological polar surface area (TPSA) is 46.5 Å². The molecule has 1 unspecified atom stereocenters. The lowest BCUT2D eigenvalue weighted by Gasteiger charge is -2.08. The number of hydrogen-bond donors (Lipinski definition) is 1. The van der Waals surface area contributed by atoms with Crippen LogP contribution >= 0.6 is 0 Å². The molecule has 3 heteroatoms. The number of esters is 1. The summed E-state index contributed by atoms with van der Waals surface area (Å²) < 4.78 is 4.68. The highest BCUT2D eigenvalue weighted by atomic mass is 16.5. The van der Waals surface area contributed by atoms with Crippen LogP contribution < -0.4 is 0 Å². The van der Waals surface area contributed by atoms with E-state index in [1.807, 2.05) is 12.1 Å². The lowest BCUT2D eigenvalue weighted by molar-refractivity contribution is 0.0599. The normalized spacial score (nSPS) is 12.2. The lowest BCUT2D eigenvalue weighted by Crippen LogP contribution is -2.08. The Kier molecular flexibility index (Phi) is 4.31.